The molecule has 0 radical (unpaired) electrons. The SMILES string of the molecule is COC(=O)COc1ccc(C(c2ccccc2)n2ccnc2)cc1. The summed E-state index contributed by atoms with van der Waals surface area (Å²) in [6.07, 6.45) is 5.52. The van der Waals surface area contributed by atoms with Crippen molar-refractivity contribution >= 4 is 5.97 Å². The van der Waals surface area contributed by atoms with Crippen LogP contribution in [-0.4, -0.2) is 29.2 Å². The number of benzene rings is 2. The minimum atomic E-state index is -0.403. The summed E-state index contributed by atoms with van der Waals surface area (Å²) in [6.45, 7) is -0.0977. The molecule has 1 aromatic heterocycles. The Hall–Kier alpha value is -3.08. The van der Waals surface area contributed by atoms with Crippen molar-refractivity contribution in [1.82, 2.24) is 9.55 Å². The Bertz CT molecular complexity index is 768. The highest BCUT2D eigenvalue weighted by Gasteiger charge is 2.15. The monoisotopic (exact) mass is 322 g/mol. The molecule has 1 atom stereocenters. The molecule has 0 aliphatic rings. The van der Waals surface area contributed by atoms with Gasteiger partial charge in [-0.15, -0.1) is 0 Å². The van der Waals surface area contributed by atoms with Gasteiger partial charge in [0.05, 0.1) is 19.5 Å². The van der Waals surface area contributed by atoms with E-state index in [1.807, 2.05) is 48.7 Å². The van der Waals surface area contributed by atoms with E-state index in [0.29, 0.717) is 5.75 Å². The first-order chi connectivity index (χ1) is 11.8. The molecule has 1 heterocycles. The molecule has 0 amide bonds. The third-order valence-corrected chi connectivity index (χ3v) is 3.72. The maximum atomic E-state index is 11.1. The molecule has 5 heteroatoms. The molecule has 1 unspecified atom stereocenters. The molecule has 0 aliphatic carbocycles. The normalized spacial score (nSPS) is 11.7. The summed E-state index contributed by atoms with van der Waals surface area (Å²) in [5, 5.41) is 0. The van der Waals surface area contributed by atoms with Crippen molar-refractivity contribution in [3.63, 3.8) is 0 Å². The van der Waals surface area contributed by atoms with Crippen molar-refractivity contribution in [2.24, 2.45) is 0 Å². The number of rotatable bonds is 6. The van der Waals surface area contributed by atoms with Crippen molar-refractivity contribution < 1.29 is 14.3 Å². The van der Waals surface area contributed by atoms with E-state index in [1.54, 1.807) is 12.5 Å². The standard InChI is InChI=1S/C19H18N2O3/c1-23-18(22)13-24-17-9-7-16(8-10-17)19(21-12-11-20-14-21)15-5-3-2-4-6-15/h2-12,14,19H,13H2,1H3. The van der Waals surface area contributed by atoms with E-state index in [0.717, 1.165) is 5.56 Å². The third-order valence-electron chi connectivity index (χ3n) is 3.72. The van der Waals surface area contributed by atoms with Gasteiger partial charge in [-0.3, -0.25) is 0 Å². The number of nitrogens with zero attached hydrogens (tertiary/aromatic N) is 2. The number of carbonyl (C=O) groups is 1. The zero-order chi connectivity index (χ0) is 16.8. The van der Waals surface area contributed by atoms with Crippen molar-refractivity contribution in [1.29, 1.82) is 0 Å². The van der Waals surface area contributed by atoms with Crippen molar-refractivity contribution in [3.05, 3.63) is 84.4 Å². The van der Waals surface area contributed by atoms with Crippen LogP contribution < -0.4 is 4.74 Å². The van der Waals surface area contributed by atoms with E-state index in [2.05, 4.69) is 26.4 Å². The Labute approximate surface area is 140 Å². The highest BCUT2D eigenvalue weighted by atomic mass is 16.6. The van der Waals surface area contributed by atoms with E-state index in [9.17, 15) is 4.79 Å². The van der Waals surface area contributed by atoms with Crippen LogP contribution in [0.25, 0.3) is 0 Å². The predicted octanol–water partition coefficient (Wildman–Crippen LogP) is 3.07. The van der Waals surface area contributed by atoms with Crippen LogP contribution in [0, 0.1) is 0 Å². The van der Waals surface area contributed by atoms with Gasteiger partial charge in [0.15, 0.2) is 6.61 Å². The lowest BCUT2D eigenvalue weighted by Gasteiger charge is -2.20. The molecule has 0 saturated heterocycles. The fourth-order valence-corrected chi connectivity index (χ4v) is 2.54. The molecule has 0 saturated carbocycles. The lowest BCUT2D eigenvalue weighted by atomic mass is 9.98. The third kappa shape index (κ3) is 3.63. The minimum Gasteiger partial charge on any atom is -0.482 e. The molecule has 3 rings (SSSR count). The summed E-state index contributed by atoms with van der Waals surface area (Å²) in [7, 11) is 1.34. The predicted molar refractivity (Wildman–Crippen MR) is 89.9 cm³/mol. The van der Waals surface area contributed by atoms with E-state index in [-0.39, 0.29) is 12.6 Å². The highest BCUT2D eigenvalue weighted by Crippen LogP contribution is 2.27. The zero-order valence-electron chi connectivity index (χ0n) is 13.3. The molecule has 0 aliphatic heterocycles. The Kier molecular flexibility index (Phi) is 4.91. The lowest BCUT2D eigenvalue weighted by molar-refractivity contribution is -0.142. The van der Waals surface area contributed by atoms with Crippen molar-refractivity contribution in [2.75, 3.05) is 13.7 Å². The fourth-order valence-electron chi connectivity index (χ4n) is 2.54. The van der Waals surface area contributed by atoms with E-state index >= 15 is 0 Å². The lowest BCUT2D eigenvalue weighted by Crippen LogP contribution is -2.13. The Balaban J connectivity index is 1.85. The quantitative estimate of drug-likeness (QED) is 0.655. The molecule has 5 nitrogen and oxygen atoms in total. The first-order valence-corrected chi connectivity index (χ1v) is 7.60. The fraction of sp³-hybridized carbons (Fsp3) is 0.158. The first-order valence-electron chi connectivity index (χ1n) is 7.60. The van der Waals surface area contributed by atoms with Gasteiger partial charge in [-0.25, -0.2) is 9.78 Å². The topological polar surface area (TPSA) is 53.4 Å². The minimum absolute atomic E-state index is 0.0309. The highest BCUT2D eigenvalue weighted by molar-refractivity contribution is 5.70. The maximum absolute atomic E-state index is 11.1. The summed E-state index contributed by atoms with van der Waals surface area (Å²) >= 11 is 0. The first kappa shape index (κ1) is 15.8. The number of esters is 1. The van der Waals surface area contributed by atoms with Gasteiger partial charge in [0.25, 0.3) is 0 Å². The Morgan fingerprint density at radius 1 is 1.08 bits per heavy atom. The second kappa shape index (κ2) is 7.46. The van der Waals surface area contributed by atoms with Gasteiger partial charge in [-0.1, -0.05) is 42.5 Å². The number of imidazole rings is 1. The second-order valence-electron chi connectivity index (χ2n) is 5.26. The molecule has 0 N–H and O–H groups in total. The summed E-state index contributed by atoms with van der Waals surface area (Å²) in [6, 6.07) is 17.9. The van der Waals surface area contributed by atoms with Crippen LogP contribution >= 0.6 is 0 Å². The molecule has 122 valence electrons. The second-order valence-corrected chi connectivity index (χ2v) is 5.26. The van der Waals surface area contributed by atoms with Crippen LogP contribution in [0.2, 0.25) is 0 Å². The Morgan fingerprint density at radius 3 is 2.42 bits per heavy atom. The number of ether oxygens (including phenoxy) is 2. The molecular formula is C19H18N2O3. The smallest absolute Gasteiger partial charge is 0.343 e. The molecule has 24 heavy (non-hydrogen) atoms. The van der Waals surface area contributed by atoms with E-state index in [1.165, 1.54) is 12.7 Å². The average molecular weight is 322 g/mol. The molecule has 3 aromatic rings. The number of hydrogen-bond donors (Lipinski definition) is 0. The van der Waals surface area contributed by atoms with E-state index < -0.39 is 5.97 Å². The number of carbonyl (C=O) groups excluding carboxylic acids is 1. The molecule has 2 aromatic carbocycles. The Morgan fingerprint density at radius 2 is 1.79 bits per heavy atom. The molecule has 0 fully saturated rings. The average Bonchev–Trinajstić information content (AvgIpc) is 3.16. The summed E-state index contributed by atoms with van der Waals surface area (Å²) in [5.41, 5.74) is 2.27. The van der Waals surface area contributed by atoms with Crippen LogP contribution in [0.4, 0.5) is 0 Å². The van der Waals surface area contributed by atoms with Crippen LogP contribution in [0.1, 0.15) is 17.2 Å². The van der Waals surface area contributed by atoms with Gasteiger partial charge in [0.2, 0.25) is 0 Å². The van der Waals surface area contributed by atoms with Gasteiger partial charge in [0, 0.05) is 12.4 Å². The number of methoxy groups -OCH3 is 1. The van der Waals surface area contributed by atoms with Crippen molar-refractivity contribution in [2.45, 2.75) is 6.04 Å². The molecule has 0 bridgehead atoms. The van der Waals surface area contributed by atoms with Crippen LogP contribution in [0.15, 0.2) is 73.3 Å². The van der Waals surface area contributed by atoms with Crippen LogP contribution in [-0.2, 0) is 9.53 Å². The zero-order valence-corrected chi connectivity index (χ0v) is 13.3. The van der Waals surface area contributed by atoms with Gasteiger partial charge in [-0.05, 0) is 23.3 Å². The number of hydrogen-bond acceptors (Lipinski definition) is 4. The van der Waals surface area contributed by atoms with Gasteiger partial charge < -0.3 is 14.0 Å². The summed E-state index contributed by atoms with van der Waals surface area (Å²) in [4.78, 5) is 15.3. The van der Waals surface area contributed by atoms with Gasteiger partial charge >= 0.3 is 5.97 Å². The van der Waals surface area contributed by atoms with Gasteiger partial charge in [-0.2, -0.15) is 0 Å². The van der Waals surface area contributed by atoms with Crippen molar-refractivity contribution in [3.8, 4) is 5.75 Å². The molecule has 0 spiro atoms. The largest absolute Gasteiger partial charge is 0.482 e. The van der Waals surface area contributed by atoms with E-state index in [4.69, 9.17) is 4.74 Å². The summed E-state index contributed by atoms with van der Waals surface area (Å²) in [5.74, 6) is 0.223. The van der Waals surface area contributed by atoms with Crippen LogP contribution in [0.5, 0.6) is 5.75 Å². The summed E-state index contributed by atoms with van der Waals surface area (Å²) < 4.78 is 12.0. The van der Waals surface area contributed by atoms with Crippen LogP contribution in [0.3, 0.4) is 0 Å². The maximum Gasteiger partial charge on any atom is 0.343 e. The number of aromatic nitrogens is 2. The molecular weight excluding hydrogens is 304 g/mol. The van der Waals surface area contributed by atoms with Gasteiger partial charge in [0.1, 0.15) is 5.75 Å².